The van der Waals surface area contributed by atoms with Gasteiger partial charge in [-0.2, -0.15) is 0 Å². The second kappa shape index (κ2) is 9.07. The minimum Gasteiger partial charge on any atom is -0.454 e. The summed E-state index contributed by atoms with van der Waals surface area (Å²) in [5, 5.41) is 12.0. The summed E-state index contributed by atoms with van der Waals surface area (Å²) in [6.45, 7) is 0.190. The number of carbonyl (C=O) groups excluding carboxylic acids is 1. The van der Waals surface area contributed by atoms with E-state index in [0.29, 0.717) is 28.0 Å². The summed E-state index contributed by atoms with van der Waals surface area (Å²) >= 11 is 1.23. The molecular formula is C24H18N4O3S. The second-order valence-corrected chi connectivity index (χ2v) is 7.87. The fourth-order valence-electron chi connectivity index (χ4n) is 3.26. The van der Waals surface area contributed by atoms with E-state index < -0.39 is 0 Å². The zero-order chi connectivity index (χ0) is 21.8. The van der Waals surface area contributed by atoms with Gasteiger partial charge in [-0.3, -0.25) is 4.79 Å². The van der Waals surface area contributed by atoms with Gasteiger partial charge >= 0.3 is 0 Å². The van der Waals surface area contributed by atoms with Crippen LogP contribution in [-0.2, 0) is 4.79 Å². The first-order chi connectivity index (χ1) is 15.8. The Balaban J connectivity index is 1.33. The van der Waals surface area contributed by atoms with Crippen LogP contribution in [0.15, 0.2) is 84.0 Å². The number of rotatable bonds is 6. The van der Waals surface area contributed by atoms with E-state index in [1.807, 2.05) is 60.7 Å². The van der Waals surface area contributed by atoms with Gasteiger partial charge < -0.3 is 14.8 Å². The second-order valence-electron chi connectivity index (χ2n) is 6.93. The highest BCUT2D eigenvalue weighted by atomic mass is 32.2. The van der Waals surface area contributed by atoms with Gasteiger partial charge in [0.2, 0.25) is 17.9 Å². The molecule has 1 aromatic heterocycles. The number of aromatic nitrogens is 3. The van der Waals surface area contributed by atoms with Crippen LogP contribution in [0.25, 0.3) is 22.5 Å². The monoisotopic (exact) mass is 442 g/mol. The highest BCUT2D eigenvalue weighted by Crippen LogP contribution is 2.34. The normalized spacial score (nSPS) is 11.9. The molecule has 8 heteroatoms. The molecule has 0 saturated heterocycles. The smallest absolute Gasteiger partial charge is 0.234 e. The lowest BCUT2D eigenvalue weighted by Gasteiger charge is -2.09. The fraction of sp³-hybridized carbons (Fsp3) is 0.0833. The van der Waals surface area contributed by atoms with Crippen molar-refractivity contribution in [1.82, 2.24) is 15.2 Å². The van der Waals surface area contributed by atoms with Crippen molar-refractivity contribution in [3.63, 3.8) is 0 Å². The summed E-state index contributed by atoms with van der Waals surface area (Å²) in [5.41, 5.74) is 3.94. The van der Waals surface area contributed by atoms with Gasteiger partial charge in [0.15, 0.2) is 11.5 Å². The molecule has 1 aliphatic heterocycles. The molecule has 0 fully saturated rings. The minimum absolute atomic E-state index is 0.148. The van der Waals surface area contributed by atoms with E-state index in [-0.39, 0.29) is 18.5 Å². The molecule has 2 heterocycles. The van der Waals surface area contributed by atoms with Gasteiger partial charge in [0.05, 0.1) is 5.75 Å². The molecule has 5 rings (SSSR count). The summed E-state index contributed by atoms with van der Waals surface area (Å²) in [6, 6.07) is 24.9. The van der Waals surface area contributed by atoms with E-state index in [1.54, 1.807) is 18.2 Å². The van der Waals surface area contributed by atoms with E-state index in [0.717, 1.165) is 16.8 Å². The topological polar surface area (TPSA) is 86.2 Å². The molecule has 4 aromatic rings. The van der Waals surface area contributed by atoms with Crippen LogP contribution in [0.1, 0.15) is 0 Å². The van der Waals surface area contributed by atoms with Crippen LogP contribution in [0.5, 0.6) is 11.5 Å². The molecule has 0 spiro atoms. The molecule has 0 saturated carbocycles. The van der Waals surface area contributed by atoms with Crippen molar-refractivity contribution in [3.05, 3.63) is 78.9 Å². The molecule has 0 atom stereocenters. The summed E-state index contributed by atoms with van der Waals surface area (Å²) in [7, 11) is 0. The maximum absolute atomic E-state index is 12.4. The van der Waals surface area contributed by atoms with E-state index in [2.05, 4.69) is 15.5 Å². The molecule has 32 heavy (non-hydrogen) atoms. The van der Waals surface area contributed by atoms with Gasteiger partial charge in [-0.25, -0.2) is 4.98 Å². The number of hydrogen-bond acceptors (Lipinski definition) is 7. The number of ether oxygens (including phenoxy) is 2. The number of hydrogen-bond donors (Lipinski definition) is 1. The molecule has 0 radical (unpaired) electrons. The highest BCUT2D eigenvalue weighted by molar-refractivity contribution is 7.99. The molecule has 3 aromatic carbocycles. The first-order valence-electron chi connectivity index (χ1n) is 9.94. The zero-order valence-corrected chi connectivity index (χ0v) is 17.7. The first kappa shape index (κ1) is 20.0. The molecular weight excluding hydrogens is 424 g/mol. The standard InChI is InChI=1S/C24H18N4O3S/c29-21(25-18-11-12-19-20(13-18)31-15-30-19)14-32-24-26-22(16-7-3-1-4-8-16)23(27-28-24)17-9-5-2-6-10-17/h1-13H,14-15H2,(H,25,29). The van der Waals surface area contributed by atoms with Crippen LogP contribution < -0.4 is 14.8 Å². The van der Waals surface area contributed by atoms with Crippen LogP contribution in [0.2, 0.25) is 0 Å². The number of carbonyl (C=O) groups is 1. The summed E-state index contributed by atoms with van der Waals surface area (Å²) in [4.78, 5) is 17.2. The Morgan fingerprint density at radius 2 is 1.53 bits per heavy atom. The Kier molecular flexibility index (Phi) is 5.67. The van der Waals surface area contributed by atoms with Crippen molar-refractivity contribution in [3.8, 4) is 34.0 Å². The van der Waals surface area contributed by atoms with E-state index in [1.165, 1.54) is 11.8 Å². The van der Waals surface area contributed by atoms with Gasteiger partial charge in [-0.1, -0.05) is 72.4 Å². The maximum Gasteiger partial charge on any atom is 0.234 e. The van der Waals surface area contributed by atoms with E-state index in [9.17, 15) is 4.79 Å². The number of anilines is 1. The number of benzene rings is 3. The lowest BCUT2D eigenvalue weighted by Crippen LogP contribution is -2.14. The molecule has 0 aliphatic carbocycles. The Morgan fingerprint density at radius 3 is 2.28 bits per heavy atom. The van der Waals surface area contributed by atoms with Gasteiger partial charge in [0.1, 0.15) is 11.4 Å². The minimum atomic E-state index is -0.175. The van der Waals surface area contributed by atoms with E-state index in [4.69, 9.17) is 14.5 Å². The van der Waals surface area contributed by atoms with Gasteiger partial charge in [0, 0.05) is 22.9 Å². The number of thioether (sulfide) groups is 1. The third-order valence-electron chi connectivity index (χ3n) is 4.75. The summed E-state index contributed by atoms with van der Waals surface area (Å²) in [5.74, 6) is 1.26. The quantitative estimate of drug-likeness (QED) is 0.435. The van der Waals surface area contributed by atoms with Gasteiger partial charge in [-0.05, 0) is 12.1 Å². The molecule has 1 aliphatic rings. The average molecular weight is 443 g/mol. The molecule has 0 bridgehead atoms. The molecule has 0 unspecified atom stereocenters. The highest BCUT2D eigenvalue weighted by Gasteiger charge is 2.16. The lowest BCUT2D eigenvalue weighted by molar-refractivity contribution is -0.113. The third-order valence-corrected chi connectivity index (χ3v) is 5.59. The van der Waals surface area contributed by atoms with Crippen molar-refractivity contribution in [2.45, 2.75) is 5.16 Å². The predicted octanol–water partition coefficient (Wildman–Crippen LogP) is 4.67. The fourth-order valence-corrected chi connectivity index (χ4v) is 3.85. The molecule has 1 amide bonds. The van der Waals surface area contributed by atoms with E-state index >= 15 is 0 Å². The van der Waals surface area contributed by atoms with Gasteiger partial charge in [-0.15, -0.1) is 10.2 Å². The third kappa shape index (κ3) is 4.40. The van der Waals surface area contributed by atoms with Crippen LogP contribution in [0.3, 0.4) is 0 Å². The lowest BCUT2D eigenvalue weighted by atomic mass is 10.0. The zero-order valence-electron chi connectivity index (χ0n) is 16.9. The Labute approximate surface area is 188 Å². The van der Waals surface area contributed by atoms with Crippen LogP contribution in [0.4, 0.5) is 5.69 Å². The molecule has 7 nitrogen and oxygen atoms in total. The van der Waals surface area contributed by atoms with Crippen molar-refractivity contribution in [1.29, 1.82) is 0 Å². The molecule has 1 N–H and O–H groups in total. The predicted molar refractivity (Wildman–Crippen MR) is 123 cm³/mol. The summed E-state index contributed by atoms with van der Waals surface area (Å²) < 4.78 is 10.6. The van der Waals surface area contributed by atoms with Crippen molar-refractivity contribution < 1.29 is 14.3 Å². The number of nitrogens with one attached hydrogen (secondary N) is 1. The van der Waals surface area contributed by atoms with Crippen LogP contribution in [0, 0.1) is 0 Å². The Morgan fingerprint density at radius 1 is 0.844 bits per heavy atom. The Bertz CT molecular complexity index is 1250. The van der Waals surface area contributed by atoms with Gasteiger partial charge in [0.25, 0.3) is 0 Å². The van der Waals surface area contributed by atoms with Crippen LogP contribution in [-0.4, -0.2) is 33.6 Å². The SMILES string of the molecule is O=C(CSc1nnc(-c2ccccc2)c(-c2ccccc2)n1)Nc1ccc2c(c1)OCO2. The van der Waals surface area contributed by atoms with Crippen molar-refractivity contribution in [2.24, 2.45) is 0 Å². The number of amides is 1. The number of fused-ring (bicyclic) bond motifs is 1. The first-order valence-corrected chi connectivity index (χ1v) is 10.9. The van der Waals surface area contributed by atoms with Crippen LogP contribution >= 0.6 is 11.8 Å². The largest absolute Gasteiger partial charge is 0.454 e. The van der Waals surface area contributed by atoms with Crippen molar-refractivity contribution in [2.75, 3.05) is 17.9 Å². The average Bonchev–Trinajstić information content (AvgIpc) is 3.32. The Hall–Kier alpha value is -3.91. The maximum atomic E-state index is 12.4. The number of nitrogens with zero attached hydrogens (tertiary/aromatic N) is 3. The van der Waals surface area contributed by atoms with Crippen molar-refractivity contribution >= 4 is 23.4 Å². The summed E-state index contributed by atoms with van der Waals surface area (Å²) in [6.07, 6.45) is 0. The molecule has 158 valence electrons.